The summed E-state index contributed by atoms with van der Waals surface area (Å²) >= 11 is 0. The van der Waals surface area contributed by atoms with E-state index in [0.29, 0.717) is 16.8 Å². The van der Waals surface area contributed by atoms with E-state index in [4.69, 9.17) is 5.26 Å². The first-order valence-electron chi connectivity index (χ1n) is 6.31. The highest BCUT2D eigenvalue weighted by atomic mass is 32.2. The van der Waals surface area contributed by atoms with Crippen molar-refractivity contribution in [3.8, 4) is 6.07 Å². The summed E-state index contributed by atoms with van der Waals surface area (Å²) in [5.41, 5.74) is 1.36. The number of carbonyl (C=O) groups is 1. The minimum absolute atomic E-state index is 0.117. The largest absolute Gasteiger partial charge is 0.322 e. The molecule has 0 aromatic heterocycles. The summed E-state index contributed by atoms with van der Waals surface area (Å²) < 4.78 is 25.4. The Hall–Kier alpha value is -2.69. The quantitative estimate of drug-likeness (QED) is 0.897. The Morgan fingerprint density at radius 1 is 1.05 bits per heavy atom. The van der Waals surface area contributed by atoms with Crippen LogP contribution in [0.3, 0.4) is 0 Å². The second-order valence-electron chi connectivity index (χ2n) is 4.38. The highest BCUT2D eigenvalue weighted by molar-refractivity contribution is 7.89. The van der Waals surface area contributed by atoms with Crippen LogP contribution in [0, 0.1) is 11.3 Å². The third kappa shape index (κ3) is 3.49. The molecule has 0 spiro atoms. The molecule has 1 amide bonds. The topological polar surface area (TPSA) is 99.1 Å². The molecule has 6 nitrogen and oxygen atoms in total. The Kier molecular flexibility index (Phi) is 4.56. The van der Waals surface area contributed by atoms with Crippen LogP contribution >= 0.6 is 0 Å². The number of benzene rings is 2. The van der Waals surface area contributed by atoms with E-state index >= 15 is 0 Å². The number of amides is 1. The smallest absolute Gasteiger partial charge is 0.255 e. The summed E-state index contributed by atoms with van der Waals surface area (Å²) in [5.74, 6) is -0.339. The zero-order valence-electron chi connectivity index (χ0n) is 11.7. The van der Waals surface area contributed by atoms with Crippen LogP contribution in [-0.4, -0.2) is 21.4 Å². The molecule has 7 heteroatoms. The van der Waals surface area contributed by atoms with Crippen LogP contribution in [0.15, 0.2) is 53.4 Å². The number of sulfonamides is 1. The van der Waals surface area contributed by atoms with Crippen LogP contribution in [0.2, 0.25) is 0 Å². The zero-order valence-corrected chi connectivity index (χ0v) is 12.5. The molecule has 22 heavy (non-hydrogen) atoms. The van der Waals surface area contributed by atoms with E-state index in [1.54, 1.807) is 24.3 Å². The molecule has 2 aromatic carbocycles. The summed E-state index contributed by atoms with van der Waals surface area (Å²) in [7, 11) is -2.17. The third-order valence-electron chi connectivity index (χ3n) is 2.97. The molecule has 112 valence electrons. The predicted molar refractivity (Wildman–Crippen MR) is 81.8 cm³/mol. The lowest BCUT2D eigenvalue weighted by molar-refractivity contribution is 0.102. The van der Waals surface area contributed by atoms with E-state index in [1.807, 2.05) is 6.07 Å². The molecule has 0 saturated carbocycles. The van der Waals surface area contributed by atoms with Gasteiger partial charge in [0.1, 0.15) is 0 Å². The number of nitrogens with one attached hydrogen (secondary N) is 2. The van der Waals surface area contributed by atoms with Crippen LogP contribution in [-0.2, 0) is 10.0 Å². The predicted octanol–water partition coefficient (Wildman–Crippen LogP) is 1.72. The maximum atomic E-state index is 12.0. The van der Waals surface area contributed by atoms with Gasteiger partial charge in [0.25, 0.3) is 5.91 Å². The Labute approximate surface area is 128 Å². The first-order valence-corrected chi connectivity index (χ1v) is 7.80. The normalized spacial score (nSPS) is 10.7. The van der Waals surface area contributed by atoms with Gasteiger partial charge in [-0.2, -0.15) is 5.26 Å². The van der Waals surface area contributed by atoms with Crippen molar-refractivity contribution >= 4 is 21.6 Å². The number of rotatable bonds is 4. The van der Waals surface area contributed by atoms with Crippen molar-refractivity contribution in [3.05, 3.63) is 59.7 Å². The molecule has 0 aliphatic rings. The van der Waals surface area contributed by atoms with E-state index in [2.05, 4.69) is 10.0 Å². The van der Waals surface area contributed by atoms with Gasteiger partial charge in [-0.25, -0.2) is 13.1 Å². The number of carbonyl (C=O) groups excluding carboxylic acids is 1. The van der Waals surface area contributed by atoms with E-state index < -0.39 is 10.0 Å². The highest BCUT2D eigenvalue weighted by Crippen LogP contribution is 2.15. The summed E-state index contributed by atoms with van der Waals surface area (Å²) in [4.78, 5) is 12.1. The number of hydrogen-bond donors (Lipinski definition) is 2. The van der Waals surface area contributed by atoms with E-state index in [1.165, 1.54) is 31.3 Å². The molecule has 2 rings (SSSR count). The molecule has 0 aliphatic carbocycles. The van der Waals surface area contributed by atoms with Gasteiger partial charge < -0.3 is 5.32 Å². The molecule has 0 saturated heterocycles. The van der Waals surface area contributed by atoms with Gasteiger partial charge in [-0.15, -0.1) is 0 Å². The van der Waals surface area contributed by atoms with E-state index in [9.17, 15) is 13.2 Å². The fourth-order valence-electron chi connectivity index (χ4n) is 1.73. The Bertz CT molecular complexity index is 820. The molecule has 0 bridgehead atoms. The summed E-state index contributed by atoms with van der Waals surface area (Å²) in [6, 6.07) is 14.0. The van der Waals surface area contributed by atoms with Gasteiger partial charge in [-0.1, -0.05) is 0 Å². The van der Waals surface area contributed by atoms with Crippen LogP contribution in [0.4, 0.5) is 5.69 Å². The molecular weight excluding hydrogens is 302 g/mol. The number of anilines is 1. The standard InChI is InChI=1S/C15H13N3O3S/c1-17-22(20,21)14-8-6-13(7-9-14)18-15(19)12-4-2-11(10-16)3-5-12/h2-9,17H,1H3,(H,18,19). The number of nitrogens with zero attached hydrogens (tertiary/aromatic N) is 1. The van der Waals surface area contributed by atoms with Crippen molar-refractivity contribution < 1.29 is 13.2 Å². The minimum atomic E-state index is -3.50. The van der Waals surface area contributed by atoms with Gasteiger partial charge >= 0.3 is 0 Å². The molecular formula is C15H13N3O3S. The maximum Gasteiger partial charge on any atom is 0.255 e. The van der Waals surface area contributed by atoms with Crippen molar-refractivity contribution in [2.24, 2.45) is 0 Å². The lowest BCUT2D eigenvalue weighted by atomic mass is 10.1. The van der Waals surface area contributed by atoms with Gasteiger partial charge in [-0.3, -0.25) is 4.79 Å². The molecule has 2 N–H and O–H groups in total. The first-order chi connectivity index (χ1) is 10.5. The summed E-state index contributed by atoms with van der Waals surface area (Å²) in [6.45, 7) is 0. The average molecular weight is 315 g/mol. The SMILES string of the molecule is CNS(=O)(=O)c1ccc(NC(=O)c2ccc(C#N)cc2)cc1. The summed E-state index contributed by atoms with van der Waals surface area (Å²) in [5, 5.41) is 11.4. The zero-order chi connectivity index (χ0) is 16.2. The Balaban J connectivity index is 2.13. The average Bonchev–Trinajstić information content (AvgIpc) is 2.55. The van der Waals surface area contributed by atoms with Gasteiger partial charge in [0, 0.05) is 11.3 Å². The van der Waals surface area contributed by atoms with Gasteiger partial charge in [-0.05, 0) is 55.6 Å². The van der Waals surface area contributed by atoms with E-state index in [0.717, 1.165) is 0 Å². The van der Waals surface area contributed by atoms with Crippen molar-refractivity contribution in [3.63, 3.8) is 0 Å². The second-order valence-corrected chi connectivity index (χ2v) is 6.26. The number of hydrogen-bond acceptors (Lipinski definition) is 4. The van der Waals surface area contributed by atoms with Crippen LogP contribution < -0.4 is 10.0 Å². The molecule has 0 heterocycles. The molecule has 0 radical (unpaired) electrons. The lowest BCUT2D eigenvalue weighted by Gasteiger charge is -2.07. The molecule has 0 unspecified atom stereocenters. The van der Waals surface area contributed by atoms with Crippen LogP contribution in [0.5, 0.6) is 0 Å². The lowest BCUT2D eigenvalue weighted by Crippen LogP contribution is -2.18. The van der Waals surface area contributed by atoms with Gasteiger partial charge in [0.05, 0.1) is 16.5 Å². The van der Waals surface area contributed by atoms with Crippen LogP contribution in [0.1, 0.15) is 15.9 Å². The van der Waals surface area contributed by atoms with Crippen molar-refractivity contribution in [2.75, 3.05) is 12.4 Å². The molecule has 2 aromatic rings. The highest BCUT2D eigenvalue weighted by Gasteiger charge is 2.11. The van der Waals surface area contributed by atoms with Crippen molar-refractivity contribution in [1.29, 1.82) is 5.26 Å². The first kappa shape index (κ1) is 15.7. The van der Waals surface area contributed by atoms with Gasteiger partial charge in [0.2, 0.25) is 10.0 Å². The molecule has 0 fully saturated rings. The third-order valence-corrected chi connectivity index (χ3v) is 4.40. The van der Waals surface area contributed by atoms with E-state index in [-0.39, 0.29) is 10.8 Å². The minimum Gasteiger partial charge on any atom is -0.322 e. The molecule has 0 aliphatic heterocycles. The Morgan fingerprint density at radius 3 is 2.14 bits per heavy atom. The van der Waals surface area contributed by atoms with Crippen molar-refractivity contribution in [1.82, 2.24) is 4.72 Å². The fourth-order valence-corrected chi connectivity index (χ4v) is 2.46. The fraction of sp³-hybridized carbons (Fsp3) is 0.0667. The summed E-state index contributed by atoms with van der Waals surface area (Å²) in [6.07, 6.45) is 0. The number of nitriles is 1. The van der Waals surface area contributed by atoms with Gasteiger partial charge in [0.15, 0.2) is 0 Å². The van der Waals surface area contributed by atoms with Crippen molar-refractivity contribution in [2.45, 2.75) is 4.90 Å². The molecule has 0 atom stereocenters. The maximum absolute atomic E-state index is 12.0. The Morgan fingerprint density at radius 2 is 1.64 bits per heavy atom. The monoisotopic (exact) mass is 315 g/mol. The second kappa shape index (κ2) is 6.39. The van der Waals surface area contributed by atoms with Crippen LogP contribution in [0.25, 0.3) is 0 Å².